The second-order valence-electron chi connectivity index (χ2n) is 3.56. The molecule has 0 radical (unpaired) electrons. The van der Waals surface area contributed by atoms with E-state index < -0.39 is 0 Å². The van der Waals surface area contributed by atoms with E-state index >= 15 is 0 Å². The molecule has 0 fully saturated rings. The number of rotatable bonds is 2. The summed E-state index contributed by atoms with van der Waals surface area (Å²) in [6.45, 7) is 1.11. The first-order valence-electron chi connectivity index (χ1n) is 4.84. The maximum absolute atomic E-state index is 9.11. The summed E-state index contributed by atoms with van der Waals surface area (Å²) in [5, 5.41) is 12.4. The van der Waals surface area contributed by atoms with E-state index in [4.69, 9.17) is 5.11 Å². The van der Waals surface area contributed by atoms with Gasteiger partial charge in [-0.2, -0.15) is 0 Å². The number of thioether (sulfide) groups is 1. The van der Waals surface area contributed by atoms with Crippen LogP contribution < -0.4 is 5.32 Å². The van der Waals surface area contributed by atoms with Gasteiger partial charge in [-0.25, -0.2) is 0 Å². The van der Waals surface area contributed by atoms with Crippen molar-refractivity contribution in [3.63, 3.8) is 0 Å². The first-order valence-corrected chi connectivity index (χ1v) is 6.06. The van der Waals surface area contributed by atoms with Crippen molar-refractivity contribution in [2.75, 3.05) is 12.9 Å². The Morgan fingerprint density at radius 3 is 3.14 bits per heavy atom. The predicted molar refractivity (Wildman–Crippen MR) is 59.6 cm³/mol. The van der Waals surface area contributed by atoms with E-state index in [0.29, 0.717) is 0 Å². The SMILES string of the molecule is CSc1cccc2c1C[C@@H](CO)NC2. The zero-order valence-corrected chi connectivity index (χ0v) is 9.10. The van der Waals surface area contributed by atoms with E-state index in [2.05, 4.69) is 29.8 Å². The molecule has 1 aromatic rings. The smallest absolute Gasteiger partial charge is 0.0587 e. The Bertz CT molecular complexity index is 313. The molecule has 76 valence electrons. The van der Waals surface area contributed by atoms with Crippen molar-refractivity contribution >= 4 is 11.8 Å². The molecule has 2 rings (SSSR count). The molecule has 2 N–H and O–H groups in total. The van der Waals surface area contributed by atoms with Crippen LogP contribution in [-0.2, 0) is 13.0 Å². The molecule has 0 bridgehead atoms. The quantitative estimate of drug-likeness (QED) is 0.722. The summed E-state index contributed by atoms with van der Waals surface area (Å²) in [6, 6.07) is 6.65. The Labute approximate surface area is 88.7 Å². The summed E-state index contributed by atoms with van der Waals surface area (Å²) in [5.41, 5.74) is 2.79. The minimum Gasteiger partial charge on any atom is -0.395 e. The molecule has 2 nitrogen and oxygen atoms in total. The number of aliphatic hydroxyl groups is 1. The lowest BCUT2D eigenvalue weighted by atomic mass is 9.96. The summed E-state index contributed by atoms with van der Waals surface area (Å²) in [4.78, 5) is 1.35. The molecule has 1 atom stereocenters. The average molecular weight is 209 g/mol. The Morgan fingerprint density at radius 1 is 1.57 bits per heavy atom. The summed E-state index contributed by atoms with van der Waals surface area (Å²) in [7, 11) is 0. The van der Waals surface area contributed by atoms with Gasteiger partial charge in [-0.1, -0.05) is 12.1 Å². The molecule has 1 aromatic carbocycles. The minimum atomic E-state index is 0.224. The summed E-state index contributed by atoms with van der Waals surface area (Å²) in [5.74, 6) is 0. The van der Waals surface area contributed by atoms with Crippen LogP contribution >= 0.6 is 11.8 Å². The molecule has 1 heterocycles. The normalized spacial score (nSPS) is 20.6. The fourth-order valence-corrected chi connectivity index (χ4v) is 2.58. The van der Waals surface area contributed by atoms with Crippen LogP contribution in [-0.4, -0.2) is 24.0 Å². The summed E-state index contributed by atoms with van der Waals surface area (Å²) >= 11 is 1.79. The maximum atomic E-state index is 9.11. The van der Waals surface area contributed by atoms with Gasteiger partial charge in [0.25, 0.3) is 0 Å². The standard InChI is InChI=1S/C11H15NOS/c1-14-11-4-2-3-8-6-12-9(7-13)5-10(8)11/h2-4,9,12-13H,5-7H2,1H3/t9-/m0/s1. The van der Waals surface area contributed by atoms with Gasteiger partial charge >= 0.3 is 0 Å². The monoisotopic (exact) mass is 209 g/mol. The highest BCUT2D eigenvalue weighted by atomic mass is 32.2. The van der Waals surface area contributed by atoms with Crippen molar-refractivity contribution in [3.8, 4) is 0 Å². The molecule has 3 heteroatoms. The van der Waals surface area contributed by atoms with Gasteiger partial charge in [-0.3, -0.25) is 0 Å². The van der Waals surface area contributed by atoms with Crippen LogP contribution in [0.15, 0.2) is 23.1 Å². The third kappa shape index (κ3) is 1.80. The zero-order chi connectivity index (χ0) is 9.97. The van der Waals surface area contributed by atoms with E-state index in [-0.39, 0.29) is 12.6 Å². The molecule has 1 aliphatic rings. The first kappa shape index (κ1) is 10.0. The van der Waals surface area contributed by atoms with E-state index in [1.54, 1.807) is 11.8 Å². The van der Waals surface area contributed by atoms with E-state index in [0.717, 1.165) is 13.0 Å². The predicted octanol–water partition coefficient (Wildman–Crippen LogP) is 1.42. The second-order valence-corrected chi connectivity index (χ2v) is 4.41. The van der Waals surface area contributed by atoms with E-state index in [1.165, 1.54) is 16.0 Å². The summed E-state index contributed by atoms with van der Waals surface area (Å²) < 4.78 is 0. The molecule has 14 heavy (non-hydrogen) atoms. The molecule has 0 unspecified atom stereocenters. The second kappa shape index (κ2) is 4.34. The van der Waals surface area contributed by atoms with Gasteiger partial charge in [0.15, 0.2) is 0 Å². The zero-order valence-electron chi connectivity index (χ0n) is 8.29. The van der Waals surface area contributed by atoms with Crippen LogP contribution in [0.4, 0.5) is 0 Å². The molecule has 0 saturated heterocycles. The van der Waals surface area contributed by atoms with Crippen molar-refractivity contribution in [2.24, 2.45) is 0 Å². The molecule has 0 amide bonds. The Balaban J connectivity index is 2.33. The highest BCUT2D eigenvalue weighted by Gasteiger charge is 2.18. The maximum Gasteiger partial charge on any atom is 0.0587 e. The highest BCUT2D eigenvalue weighted by molar-refractivity contribution is 7.98. The number of aliphatic hydroxyl groups excluding tert-OH is 1. The van der Waals surface area contributed by atoms with Gasteiger partial charge < -0.3 is 10.4 Å². The van der Waals surface area contributed by atoms with Crippen molar-refractivity contribution < 1.29 is 5.11 Å². The molecular formula is C11H15NOS. The number of fused-ring (bicyclic) bond motifs is 1. The van der Waals surface area contributed by atoms with Crippen LogP contribution in [0.3, 0.4) is 0 Å². The Kier molecular flexibility index (Phi) is 3.11. The molecular weight excluding hydrogens is 194 g/mol. The average Bonchev–Trinajstić information content (AvgIpc) is 2.27. The first-order chi connectivity index (χ1) is 6.85. The number of nitrogens with one attached hydrogen (secondary N) is 1. The van der Waals surface area contributed by atoms with Crippen molar-refractivity contribution in [2.45, 2.75) is 23.9 Å². The fourth-order valence-electron chi connectivity index (χ4n) is 1.90. The van der Waals surface area contributed by atoms with Gasteiger partial charge in [0, 0.05) is 17.5 Å². The van der Waals surface area contributed by atoms with Crippen LogP contribution in [0.1, 0.15) is 11.1 Å². The fraction of sp³-hybridized carbons (Fsp3) is 0.455. The van der Waals surface area contributed by atoms with Gasteiger partial charge in [-0.05, 0) is 29.9 Å². The number of hydrogen-bond donors (Lipinski definition) is 2. The van der Waals surface area contributed by atoms with Crippen LogP contribution in [0.5, 0.6) is 0 Å². The molecule has 0 spiro atoms. The lowest BCUT2D eigenvalue weighted by molar-refractivity contribution is 0.235. The van der Waals surface area contributed by atoms with E-state index in [1.807, 2.05) is 0 Å². The van der Waals surface area contributed by atoms with Crippen molar-refractivity contribution in [3.05, 3.63) is 29.3 Å². The van der Waals surface area contributed by atoms with Crippen LogP contribution in [0.25, 0.3) is 0 Å². The van der Waals surface area contributed by atoms with Gasteiger partial charge in [0.2, 0.25) is 0 Å². The third-order valence-electron chi connectivity index (χ3n) is 2.70. The lowest BCUT2D eigenvalue weighted by Crippen LogP contribution is -2.38. The van der Waals surface area contributed by atoms with Gasteiger partial charge in [0.1, 0.15) is 0 Å². The van der Waals surface area contributed by atoms with E-state index in [9.17, 15) is 0 Å². The third-order valence-corrected chi connectivity index (χ3v) is 3.52. The van der Waals surface area contributed by atoms with Crippen LogP contribution in [0.2, 0.25) is 0 Å². The Hall–Kier alpha value is -0.510. The largest absolute Gasteiger partial charge is 0.395 e. The molecule has 1 aliphatic heterocycles. The molecule has 0 aromatic heterocycles. The van der Waals surface area contributed by atoms with Gasteiger partial charge in [0.05, 0.1) is 6.61 Å². The number of hydrogen-bond acceptors (Lipinski definition) is 3. The Morgan fingerprint density at radius 2 is 2.43 bits per heavy atom. The van der Waals surface area contributed by atoms with Gasteiger partial charge in [-0.15, -0.1) is 11.8 Å². The minimum absolute atomic E-state index is 0.224. The molecule has 0 saturated carbocycles. The lowest BCUT2D eigenvalue weighted by Gasteiger charge is -2.26. The highest BCUT2D eigenvalue weighted by Crippen LogP contribution is 2.27. The summed E-state index contributed by atoms with van der Waals surface area (Å²) in [6.07, 6.45) is 3.05. The van der Waals surface area contributed by atoms with Crippen molar-refractivity contribution in [1.82, 2.24) is 5.32 Å². The van der Waals surface area contributed by atoms with Crippen LogP contribution in [0, 0.1) is 0 Å². The topological polar surface area (TPSA) is 32.3 Å². The number of benzene rings is 1. The molecule has 0 aliphatic carbocycles. The van der Waals surface area contributed by atoms with Crippen molar-refractivity contribution in [1.29, 1.82) is 0 Å².